The zero-order valence-corrected chi connectivity index (χ0v) is 17.9. The van der Waals surface area contributed by atoms with Crippen molar-refractivity contribution in [2.24, 2.45) is 0 Å². The van der Waals surface area contributed by atoms with Gasteiger partial charge < -0.3 is 10.1 Å². The third-order valence-electron chi connectivity index (χ3n) is 5.69. The van der Waals surface area contributed by atoms with E-state index in [0.29, 0.717) is 16.7 Å². The lowest BCUT2D eigenvalue weighted by Gasteiger charge is -2.21. The molecule has 0 aliphatic heterocycles. The number of fused-ring (bicyclic) bond motifs is 2. The number of anilines is 1. The summed E-state index contributed by atoms with van der Waals surface area (Å²) >= 11 is 0. The molecule has 0 saturated carbocycles. The number of hydrogen-bond donors (Lipinski definition) is 1. The van der Waals surface area contributed by atoms with E-state index in [-0.39, 0.29) is 28.4 Å². The van der Waals surface area contributed by atoms with Crippen molar-refractivity contribution in [1.82, 2.24) is 0 Å². The summed E-state index contributed by atoms with van der Waals surface area (Å²) in [7, 11) is 0. The van der Waals surface area contributed by atoms with Crippen molar-refractivity contribution in [1.29, 1.82) is 0 Å². The van der Waals surface area contributed by atoms with Crippen LogP contribution in [0.15, 0.2) is 60.7 Å². The minimum Gasteiger partial charge on any atom is -0.449 e. The van der Waals surface area contributed by atoms with Gasteiger partial charge in [-0.25, -0.2) is 4.79 Å². The van der Waals surface area contributed by atoms with Crippen molar-refractivity contribution >= 4 is 29.1 Å². The Bertz CT molecular complexity index is 1290. The number of carbonyl (C=O) groups is 4. The molecule has 1 N–H and O–H groups in total. The molecular formula is C26H21NO5. The maximum absolute atomic E-state index is 13.1. The standard InChI is InChI=1S/C26H21NO5/c1-14-8-6-11-17(15(14)2)26(31)32-16(3)25(30)27-21-13-7-12-20-22(21)24(29)19-10-5-4-9-18(19)23(20)28/h4-13,16H,1-3H3,(H,27,30). The van der Waals surface area contributed by atoms with Gasteiger partial charge in [0.2, 0.25) is 0 Å². The quantitative estimate of drug-likeness (QED) is 0.492. The molecule has 0 radical (unpaired) electrons. The van der Waals surface area contributed by atoms with Crippen LogP contribution in [0, 0.1) is 13.8 Å². The molecule has 32 heavy (non-hydrogen) atoms. The number of aryl methyl sites for hydroxylation is 1. The Hall–Kier alpha value is -4.06. The van der Waals surface area contributed by atoms with Gasteiger partial charge in [-0.2, -0.15) is 0 Å². The fourth-order valence-corrected chi connectivity index (χ4v) is 3.73. The smallest absolute Gasteiger partial charge is 0.339 e. The lowest BCUT2D eigenvalue weighted by molar-refractivity contribution is -0.123. The fourth-order valence-electron chi connectivity index (χ4n) is 3.73. The first-order valence-electron chi connectivity index (χ1n) is 10.2. The molecule has 0 bridgehead atoms. The summed E-state index contributed by atoms with van der Waals surface area (Å²) < 4.78 is 5.35. The van der Waals surface area contributed by atoms with Gasteiger partial charge in [-0.1, -0.05) is 48.5 Å². The van der Waals surface area contributed by atoms with E-state index >= 15 is 0 Å². The molecule has 160 valence electrons. The fraction of sp³-hybridized carbons (Fsp3) is 0.154. The summed E-state index contributed by atoms with van der Waals surface area (Å²) in [6.45, 7) is 5.15. The van der Waals surface area contributed by atoms with Gasteiger partial charge in [0.1, 0.15) is 0 Å². The normalized spacial score (nSPS) is 13.1. The topological polar surface area (TPSA) is 89.5 Å². The SMILES string of the molecule is Cc1cccc(C(=O)OC(C)C(=O)Nc2cccc3c2C(=O)c2ccccc2C3=O)c1C. The Morgan fingerprint density at radius 3 is 2.16 bits per heavy atom. The monoisotopic (exact) mass is 427 g/mol. The lowest BCUT2D eigenvalue weighted by Crippen LogP contribution is -2.31. The molecule has 0 aromatic heterocycles. The number of esters is 1. The van der Waals surface area contributed by atoms with Crippen LogP contribution in [0.1, 0.15) is 60.3 Å². The first-order chi connectivity index (χ1) is 15.3. The van der Waals surface area contributed by atoms with E-state index in [1.54, 1.807) is 54.6 Å². The van der Waals surface area contributed by atoms with Gasteiger partial charge in [0.25, 0.3) is 5.91 Å². The zero-order chi connectivity index (χ0) is 23.0. The predicted molar refractivity (Wildman–Crippen MR) is 119 cm³/mol. The van der Waals surface area contributed by atoms with Crippen molar-refractivity contribution in [2.45, 2.75) is 26.9 Å². The minimum atomic E-state index is -1.11. The van der Waals surface area contributed by atoms with Crippen LogP contribution in [0.2, 0.25) is 0 Å². The van der Waals surface area contributed by atoms with Crippen LogP contribution >= 0.6 is 0 Å². The van der Waals surface area contributed by atoms with E-state index in [9.17, 15) is 19.2 Å². The van der Waals surface area contributed by atoms with Crippen molar-refractivity contribution < 1.29 is 23.9 Å². The summed E-state index contributed by atoms with van der Waals surface area (Å²) in [6, 6.07) is 16.6. The Balaban J connectivity index is 1.57. The number of rotatable bonds is 4. The molecule has 4 rings (SSSR count). The van der Waals surface area contributed by atoms with E-state index in [0.717, 1.165) is 11.1 Å². The van der Waals surface area contributed by atoms with Gasteiger partial charge in [-0.15, -0.1) is 0 Å². The van der Waals surface area contributed by atoms with E-state index in [4.69, 9.17) is 4.74 Å². The van der Waals surface area contributed by atoms with Crippen molar-refractivity contribution in [2.75, 3.05) is 5.32 Å². The molecule has 3 aromatic carbocycles. The molecular weight excluding hydrogens is 406 g/mol. The highest BCUT2D eigenvalue weighted by atomic mass is 16.5. The molecule has 0 spiro atoms. The first-order valence-corrected chi connectivity index (χ1v) is 10.2. The van der Waals surface area contributed by atoms with Gasteiger partial charge in [0.15, 0.2) is 17.7 Å². The molecule has 0 heterocycles. The van der Waals surface area contributed by atoms with Gasteiger partial charge in [0, 0.05) is 16.7 Å². The van der Waals surface area contributed by atoms with Crippen molar-refractivity contribution in [3.63, 3.8) is 0 Å². The molecule has 1 unspecified atom stereocenters. The molecule has 1 amide bonds. The molecule has 1 aliphatic rings. The summed E-state index contributed by atoms with van der Waals surface area (Å²) in [6.07, 6.45) is -1.11. The Morgan fingerprint density at radius 1 is 0.812 bits per heavy atom. The average molecular weight is 427 g/mol. The second-order valence-electron chi connectivity index (χ2n) is 7.72. The molecule has 3 aromatic rings. The highest BCUT2D eigenvalue weighted by Crippen LogP contribution is 2.32. The predicted octanol–water partition coefficient (Wildman–Crippen LogP) is 4.26. The van der Waals surface area contributed by atoms with Crippen LogP contribution < -0.4 is 5.32 Å². The number of hydrogen-bond acceptors (Lipinski definition) is 5. The van der Waals surface area contributed by atoms with E-state index in [1.165, 1.54) is 6.92 Å². The third-order valence-corrected chi connectivity index (χ3v) is 5.69. The highest BCUT2D eigenvalue weighted by molar-refractivity contribution is 6.30. The second-order valence-corrected chi connectivity index (χ2v) is 7.72. The largest absolute Gasteiger partial charge is 0.449 e. The average Bonchev–Trinajstić information content (AvgIpc) is 2.79. The second kappa shape index (κ2) is 8.23. The summed E-state index contributed by atoms with van der Waals surface area (Å²) in [5, 5.41) is 2.65. The van der Waals surface area contributed by atoms with E-state index in [2.05, 4.69) is 5.32 Å². The van der Waals surface area contributed by atoms with E-state index in [1.807, 2.05) is 19.9 Å². The van der Waals surface area contributed by atoms with Crippen molar-refractivity contribution in [3.8, 4) is 0 Å². The van der Waals surface area contributed by atoms with Gasteiger partial charge in [-0.05, 0) is 44.0 Å². The van der Waals surface area contributed by atoms with Crippen LogP contribution in [0.3, 0.4) is 0 Å². The minimum absolute atomic E-state index is 0.137. The van der Waals surface area contributed by atoms with Gasteiger partial charge >= 0.3 is 5.97 Å². The maximum Gasteiger partial charge on any atom is 0.339 e. The number of amides is 1. The molecule has 6 nitrogen and oxygen atoms in total. The summed E-state index contributed by atoms with van der Waals surface area (Å²) in [4.78, 5) is 51.2. The van der Waals surface area contributed by atoms with E-state index < -0.39 is 18.0 Å². The highest BCUT2D eigenvalue weighted by Gasteiger charge is 2.32. The van der Waals surface area contributed by atoms with Crippen LogP contribution in [-0.2, 0) is 9.53 Å². The molecule has 1 atom stereocenters. The molecule has 6 heteroatoms. The first kappa shape index (κ1) is 21.2. The summed E-state index contributed by atoms with van der Waals surface area (Å²) in [5.74, 6) is -1.83. The van der Waals surface area contributed by atoms with Gasteiger partial charge in [-0.3, -0.25) is 14.4 Å². The van der Waals surface area contributed by atoms with Crippen LogP contribution in [0.4, 0.5) is 5.69 Å². The molecule has 0 fully saturated rings. The number of ether oxygens (including phenoxy) is 1. The molecule has 1 aliphatic carbocycles. The number of ketones is 2. The zero-order valence-electron chi connectivity index (χ0n) is 17.9. The maximum atomic E-state index is 13.1. The summed E-state index contributed by atoms with van der Waals surface area (Å²) in [5.41, 5.74) is 3.31. The molecule has 0 saturated heterocycles. The Labute approximate surface area is 185 Å². The van der Waals surface area contributed by atoms with Crippen LogP contribution in [0.5, 0.6) is 0 Å². The van der Waals surface area contributed by atoms with Crippen molar-refractivity contribution in [3.05, 3.63) is 99.6 Å². The number of nitrogens with one attached hydrogen (secondary N) is 1. The Kier molecular flexibility index (Phi) is 5.45. The third kappa shape index (κ3) is 3.60. The Morgan fingerprint density at radius 2 is 1.44 bits per heavy atom. The number of benzene rings is 3. The van der Waals surface area contributed by atoms with Crippen LogP contribution in [-0.4, -0.2) is 29.5 Å². The van der Waals surface area contributed by atoms with Gasteiger partial charge in [0.05, 0.1) is 16.8 Å². The lowest BCUT2D eigenvalue weighted by atomic mass is 9.83. The van der Waals surface area contributed by atoms with Crippen LogP contribution in [0.25, 0.3) is 0 Å². The number of carbonyl (C=O) groups excluding carboxylic acids is 4.